The van der Waals surface area contributed by atoms with Crippen LogP contribution < -0.4 is 11.1 Å². The van der Waals surface area contributed by atoms with Crippen LogP contribution in [0.4, 0.5) is 5.69 Å². The van der Waals surface area contributed by atoms with Gasteiger partial charge < -0.3 is 16.0 Å². The van der Waals surface area contributed by atoms with Gasteiger partial charge in [-0.2, -0.15) is 0 Å². The van der Waals surface area contributed by atoms with Crippen molar-refractivity contribution < 1.29 is 4.79 Å². The van der Waals surface area contributed by atoms with E-state index in [4.69, 9.17) is 5.73 Å². The third-order valence-electron chi connectivity index (χ3n) is 3.65. The van der Waals surface area contributed by atoms with Gasteiger partial charge in [-0.1, -0.05) is 24.3 Å². The zero-order valence-corrected chi connectivity index (χ0v) is 11.8. The van der Waals surface area contributed by atoms with E-state index >= 15 is 0 Å². The summed E-state index contributed by atoms with van der Waals surface area (Å²) in [5.41, 5.74) is 10.2. The third-order valence-corrected chi connectivity index (χ3v) is 3.65. The van der Waals surface area contributed by atoms with Crippen LogP contribution in [0.25, 0.3) is 10.9 Å². The number of benzene rings is 2. The van der Waals surface area contributed by atoms with E-state index in [1.807, 2.05) is 43.3 Å². The van der Waals surface area contributed by atoms with E-state index in [2.05, 4.69) is 10.3 Å². The first-order chi connectivity index (χ1) is 10.1. The second kappa shape index (κ2) is 5.32. The molecule has 0 bridgehead atoms. The van der Waals surface area contributed by atoms with E-state index in [0.717, 1.165) is 16.5 Å². The number of nitrogen functional groups attached to an aromatic ring is 1. The van der Waals surface area contributed by atoms with Gasteiger partial charge in [-0.05, 0) is 36.2 Å². The maximum atomic E-state index is 12.3. The summed E-state index contributed by atoms with van der Waals surface area (Å²) in [5, 5.41) is 3.84. The van der Waals surface area contributed by atoms with Crippen LogP contribution in [0.2, 0.25) is 0 Å². The van der Waals surface area contributed by atoms with Gasteiger partial charge in [0, 0.05) is 29.3 Å². The lowest BCUT2D eigenvalue weighted by atomic mass is 10.1. The van der Waals surface area contributed by atoms with Crippen LogP contribution in [-0.4, -0.2) is 10.9 Å². The van der Waals surface area contributed by atoms with Crippen LogP contribution in [0.3, 0.4) is 0 Å². The minimum absolute atomic E-state index is 0.0886. The van der Waals surface area contributed by atoms with Crippen molar-refractivity contribution in [2.45, 2.75) is 13.5 Å². The van der Waals surface area contributed by atoms with Crippen LogP contribution in [0.5, 0.6) is 0 Å². The number of fused-ring (bicyclic) bond motifs is 1. The van der Waals surface area contributed by atoms with Crippen molar-refractivity contribution >= 4 is 22.5 Å². The summed E-state index contributed by atoms with van der Waals surface area (Å²) < 4.78 is 0. The molecule has 106 valence electrons. The van der Waals surface area contributed by atoms with Gasteiger partial charge in [0.25, 0.3) is 5.91 Å². The number of aromatic nitrogens is 1. The lowest BCUT2D eigenvalue weighted by Crippen LogP contribution is -2.22. The topological polar surface area (TPSA) is 70.9 Å². The standard InChI is InChI=1S/C17H17N3O/c1-11-4-2-3-5-12(11)9-20-17(21)15-10-19-16-8-13(18)6-7-14(15)16/h2-8,10,19H,9,18H2,1H3,(H,20,21). The molecular weight excluding hydrogens is 262 g/mol. The summed E-state index contributed by atoms with van der Waals surface area (Å²) in [7, 11) is 0. The number of rotatable bonds is 3. The Morgan fingerprint density at radius 1 is 1.24 bits per heavy atom. The average Bonchev–Trinajstić information content (AvgIpc) is 2.89. The van der Waals surface area contributed by atoms with Gasteiger partial charge in [0.05, 0.1) is 5.56 Å². The number of carbonyl (C=O) groups excluding carboxylic acids is 1. The number of nitrogens with two attached hydrogens (primary N) is 1. The van der Waals surface area contributed by atoms with Crippen molar-refractivity contribution in [3.63, 3.8) is 0 Å². The predicted molar refractivity (Wildman–Crippen MR) is 85.1 cm³/mol. The second-order valence-corrected chi connectivity index (χ2v) is 5.12. The molecule has 0 saturated heterocycles. The molecule has 3 rings (SSSR count). The second-order valence-electron chi connectivity index (χ2n) is 5.12. The summed E-state index contributed by atoms with van der Waals surface area (Å²) in [5.74, 6) is -0.0886. The Bertz CT molecular complexity index is 805. The number of hydrogen-bond donors (Lipinski definition) is 3. The number of nitrogens with one attached hydrogen (secondary N) is 2. The highest BCUT2D eigenvalue weighted by Crippen LogP contribution is 2.20. The van der Waals surface area contributed by atoms with Gasteiger partial charge in [-0.3, -0.25) is 4.79 Å². The molecule has 0 aliphatic heterocycles. The molecule has 21 heavy (non-hydrogen) atoms. The fraction of sp³-hybridized carbons (Fsp3) is 0.118. The Kier molecular flexibility index (Phi) is 3.36. The molecule has 3 aromatic rings. The van der Waals surface area contributed by atoms with E-state index < -0.39 is 0 Å². The first-order valence-corrected chi connectivity index (χ1v) is 6.84. The highest BCUT2D eigenvalue weighted by atomic mass is 16.1. The first kappa shape index (κ1) is 13.2. The van der Waals surface area contributed by atoms with Crippen molar-refractivity contribution in [3.8, 4) is 0 Å². The van der Waals surface area contributed by atoms with Crippen molar-refractivity contribution in [1.29, 1.82) is 0 Å². The highest BCUT2D eigenvalue weighted by molar-refractivity contribution is 6.07. The van der Waals surface area contributed by atoms with E-state index in [1.165, 1.54) is 5.56 Å². The number of amides is 1. The Hall–Kier alpha value is -2.75. The maximum absolute atomic E-state index is 12.3. The SMILES string of the molecule is Cc1ccccc1CNC(=O)c1c[nH]c2cc(N)ccc12. The normalized spacial score (nSPS) is 10.7. The van der Waals surface area contributed by atoms with Gasteiger partial charge in [0.15, 0.2) is 0 Å². The molecule has 4 heteroatoms. The summed E-state index contributed by atoms with van der Waals surface area (Å²) in [6, 6.07) is 13.5. The minimum Gasteiger partial charge on any atom is -0.399 e. The van der Waals surface area contributed by atoms with E-state index in [0.29, 0.717) is 17.8 Å². The van der Waals surface area contributed by atoms with Crippen LogP contribution in [-0.2, 0) is 6.54 Å². The molecule has 0 saturated carbocycles. The number of anilines is 1. The Morgan fingerprint density at radius 3 is 2.86 bits per heavy atom. The van der Waals surface area contributed by atoms with Gasteiger partial charge in [0.1, 0.15) is 0 Å². The smallest absolute Gasteiger partial charge is 0.253 e. The van der Waals surface area contributed by atoms with Crippen LogP contribution in [0.1, 0.15) is 21.5 Å². The van der Waals surface area contributed by atoms with E-state index in [-0.39, 0.29) is 5.91 Å². The average molecular weight is 279 g/mol. The number of H-pyrrole nitrogens is 1. The third kappa shape index (κ3) is 2.60. The molecule has 0 fully saturated rings. The molecule has 0 aliphatic rings. The summed E-state index contributed by atoms with van der Waals surface area (Å²) in [4.78, 5) is 15.4. The maximum Gasteiger partial charge on any atom is 0.253 e. The molecule has 0 atom stereocenters. The monoisotopic (exact) mass is 279 g/mol. The lowest BCUT2D eigenvalue weighted by molar-refractivity contribution is 0.0952. The molecule has 1 heterocycles. The fourth-order valence-electron chi connectivity index (χ4n) is 2.41. The van der Waals surface area contributed by atoms with Crippen molar-refractivity contribution in [2.75, 3.05) is 5.73 Å². The number of aryl methyl sites for hydroxylation is 1. The molecule has 0 aliphatic carbocycles. The summed E-state index contributed by atoms with van der Waals surface area (Å²) in [6.07, 6.45) is 1.72. The zero-order valence-electron chi connectivity index (χ0n) is 11.8. The zero-order chi connectivity index (χ0) is 14.8. The van der Waals surface area contributed by atoms with Crippen molar-refractivity contribution in [2.24, 2.45) is 0 Å². The fourth-order valence-corrected chi connectivity index (χ4v) is 2.41. The minimum atomic E-state index is -0.0886. The summed E-state index contributed by atoms with van der Waals surface area (Å²) >= 11 is 0. The summed E-state index contributed by atoms with van der Waals surface area (Å²) in [6.45, 7) is 2.56. The molecule has 1 aromatic heterocycles. The number of carbonyl (C=O) groups is 1. The van der Waals surface area contributed by atoms with E-state index in [1.54, 1.807) is 12.3 Å². The van der Waals surface area contributed by atoms with Crippen LogP contribution in [0, 0.1) is 6.92 Å². The molecule has 2 aromatic carbocycles. The van der Waals surface area contributed by atoms with Crippen molar-refractivity contribution in [3.05, 3.63) is 65.4 Å². The number of aromatic amines is 1. The van der Waals surface area contributed by atoms with Crippen LogP contribution >= 0.6 is 0 Å². The molecule has 0 spiro atoms. The van der Waals surface area contributed by atoms with Gasteiger partial charge >= 0.3 is 0 Å². The molecule has 0 radical (unpaired) electrons. The Balaban J connectivity index is 1.80. The van der Waals surface area contributed by atoms with Crippen molar-refractivity contribution in [1.82, 2.24) is 10.3 Å². The Morgan fingerprint density at radius 2 is 2.05 bits per heavy atom. The van der Waals surface area contributed by atoms with Gasteiger partial charge in [-0.15, -0.1) is 0 Å². The molecule has 1 amide bonds. The molecular formula is C17H17N3O. The molecule has 0 unspecified atom stereocenters. The first-order valence-electron chi connectivity index (χ1n) is 6.84. The predicted octanol–water partition coefficient (Wildman–Crippen LogP) is 2.99. The molecule has 4 nitrogen and oxygen atoms in total. The largest absolute Gasteiger partial charge is 0.399 e. The Labute approximate surface area is 123 Å². The number of hydrogen-bond acceptors (Lipinski definition) is 2. The van der Waals surface area contributed by atoms with E-state index in [9.17, 15) is 4.79 Å². The lowest BCUT2D eigenvalue weighted by Gasteiger charge is -2.07. The van der Waals surface area contributed by atoms with Gasteiger partial charge in [0.2, 0.25) is 0 Å². The quantitative estimate of drug-likeness (QED) is 0.645. The molecule has 4 N–H and O–H groups in total. The van der Waals surface area contributed by atoms with Crippen LogP contribution in [0.15, 0.2) is 48.7 Å². The van der Waals surface area contributed by atoms with Gasteiger partial charge in [-0.25, -0.2) is 0 Å². The highest BCUT2D eigenvalue weighted by Gasteiger charge is 2.12.